The Hall–Kier alpha value is 0.160. The normalized spacial score (nSPS) is 21.1. The highest BCUT2D eigenvalue weighted by atomic mass is 35.7. The van der Waals surface area contributed by atoms with E-state index in [9.17, 15) is 8.42 Å². The van der Waals surface area contributed by atoms with Crippen LogP contribution in [0, 0.1) is 0 Å². The molecule has 1 unspecified atom stereocenters. The topological polar surface area (TPSA) is 52.6 Å². The van der Waals surface area contributed by atoms with Crippen molar-refractivity contribution in [1.29, 1.82) is 0 Å². The average Bonchev–Trinajstić information content (AvgIpc) is 2.32. The minimum absolute atomic E-state index is 0.0747. The molecule has 0 aliphatic carbocycles. The maximum atomic E-state index is 10.7. The van der Waals surface area contributed by atoms with E-state index in [0.717, 1.165) is 38.9 Å². The summed E-state index contributed by atoms with van der Waals surface area (Å²) in [6.07, 6.45) is 7.26. The van der Waals surface area contributed by atoms with Crippen molar-refractivity contribution in [2.75, 3.05) is 25.6 Å². The number of halogens is 1. The van der Waals surface area contributed by atoms with Gasteiger partial charge in [-0.2, -0.15) is 0 Å². The van der Waals surface area contributed by atoms with E-state index in [4.69, 9.17) is 20.2 Å². The third kappa shape index (κ3) is 9.14. The van der Waals surface area contributed by atoms with Crippen LogP contribution in [0.1, 0.15) is 44.9 Å². The number of unbranched alkanes of at least 4 members (excludes halogenated alkanes) is 3. The Balaban J connectivity index is 1.83. The van der Waals surface area contributed by atoms with Crippen LogP contribution in [0.15, 0.2) is 0 Å². The first-order valence-electron chi connectivity index (χ1n) is 6.69. The fourth-order valence-electron chi connectivity index (χ4n) is 1.99. The van der Waals surface area contributed by atoms with Crippen molar-refractivity contribution in [2.45, 2.75) is 51.0 Å². The summed E-state index contributed by atoms with van der Waals surface area (Å²) in [6.45, 7) is 2.28. The Morgan fingerprint density at radius 2 is 1.94 bits per heavy atom. The third-order valence-corrected chi connectivity index (χ3v) is 4.24. The van der Waals surface area contributed by atoms with Crippen molar-refractivity contribution in [3.8, 4) is 0 Å². The lowest BCUT2D eigenvalue weighted by Crippen LogP contribution is -2.24. The lowest BCUT2D eigenvalue weighted by atomic mass is 10.1. The summed E-state index contributed by atoms with van der Waals surface area (Å²) in [7, 11) is 1.80. The van der Waals surface area contributed by atoms with Gasteiger partial charge in [0.15, 0.2) is 0 Å². The van der Waals surface area contributed by atoms with Gasteiger partial charge in [-0.3, -0.25) is 0 Å². The SMILES string of the molecule is O=S(=O)(Cl)CCCCCCOCC1CCCCO1. The number of rotatable bonds is 9. The van der Waals surface area contributed by atoms with E-state index in [0.29, 0.717) is 13.0 Å². The molecule has 0 radical (unpaired) electrons. The maximum absolute atomic E-state index is 10.7. The van der Waals surface area contributed by atoms with Crippen molar-refractivity contribution in [3.05, 3.63) is 0 Å². The molecule has 0 aromatic heterocycles. The summed E-state index contributed by atoms with van der Waals surface area (Å²) in [5.41, 5.74) is 0. The van der Waals surface area contributed by atoms with Crippen LogP contribution in [0.3, 0.4) is 0 Å². The predicted molar refractivity (Wildman–Crippen MR) is 72.5 cm³/mol. The van der Waals surface area contributed by atoms with Crippen molar-refractivity contribution in [3.63, 3.8) is 0 Å². The van der Waals surface area contributed by atoms with Crippen LogP contribution >= 0.6 is 10.7 Å². The molecule has 1 heterocycles. The smallest absolute Gasteiger partial charge is 0.232 e. The molecule has 1 aliphatic rings. The van der Waals surface area contributed by atoms with E-state index in [2.05, 4.69) is 0 Å². The van der Waals surface area contributed by atoms with Gasteiger partial charge >= 0.3 is 0 Å². The van der Waals surface area contributed by atoms with Crippen molar-refractivity contribution in [1.82, 2.24) is 0 Å². The molecule has 0 aromatic carbocycles. The van der Waals surface area contributed by atoms with E-state index < -0.39 is 9.05 Å². The second kappa shape index (κ2) is 9.13. The van der Waals surface area contributed by atoms with E-state index in [1.807, 2.05) is 0 Å². The second-order valence-electron chi connectivity index (χ2n) is 4.72. The van der Waals surface area contributed by atoms with Gasteiger partial charge in [0.2, 0.25) is 9.05 Å². The van der Waals surface area contributed by atoms with Crippen LogP contribution in [0.25, 0.3) is 0 Å². The Kier molecular flexibility index (Phi) is 8.22. The molecule has 0 saturated carbocycles. The second-order valence-corrected chi connectivity index (χ2v) is 7.62. The molecule has 0 spiro atoms. The van der Waals surface area contributed by atoms with Crippen LogP contribution in [-0.2, 0) is 18.5 Å². The van der Waals surface area contributed by atoms with E-state index in [1.54, 1.807) is 0 Å². The summed E-state index contributed by atoms with van der Waals surface area (Å²) in [6, 6.07) is 0. The van der Waals surface area contributed by atoms with Gasteiger partial charge in [0.1, 0.15) is 0 Å². The van der Waals surface area contributed by atoms with Crippen LogP contribution in [0.4, 0.5) is 0 Å². The largest absolute Gasteiger partial charge is 0.379 e. The highest BCUT2D eigenvalue weighted by Crippen LogP contribution is 2.13. The molecular formula is C12H23ClO4S. The Morgan fingerprint density at radius 3 is 2.61 bits per heavy atom. The molecule has 0 aromatic rings. The molecule has 0 N–H and O–H groups in total. The first kappa shape index (κ1) is 16.2. The summed E-state index contributed by atoms with van der Waals surface area (Å²) in [4.78, 5) is 0. The summed E-state index contributed by atoms with van der Waals surface area (Å²) < 4.78 is 32.4. The lowest BCUT2D eigenvalue weighted by molar-refractivity contribution is -0.0411. The first-order valence-corrected chi connectivity index (χ1v) is 9.17. The summed E-state index contributed by atoms with van der Waals surface area (Å²) in [5.74, 6) is 0.0747. The molecular weight excluding hydrogens is 276 g/mol. The number of ether oxygens (including phenoxy) is 2. The van der Waals surface area contributed by atoms with E-state index in [1.165, 1.54) is 12.8 Å². The van der Waals surface area contributed by atoms with Crippen molar-refractivity contribution in [2.24, 2.45) is 0 Å². The van der Waals surface area contributed by atoms with Crippen LogP contribution in [-0.4, -0.2) is 40.1 Å². The van der Waals surface area contributed by atoms with E-state index in [-0.39, 0.29) is 11.9 Å². The molecule has 1 rings (SSSR count). The first-order chi connectivity index (χ1) is 8.58. The average molecular weight is 299 g/mol. The van der Waals surface area contributed by atoms with Gasteiger partial charge in [-0.1, -0.05) is 12.8 Å². The zero-order valence-electron chi connectivity index (χ0n) is 10.8. The Bertz CT molecular complexity index is 299. The predicted octanol–water partition coefficient (Wildman–Crippen LogP) is 2.70. The summed E-state index contributed by atoms with van der Waals surface area (Å²) in [5, 5.41) is 0. The standard InChI is InChI=1S/C12H23ClO4S/c13-18(14,15)10-6-2-1-4-8-16-11-12-7-3-5-9-17-12/h12H,1-11H2. The lowest BCUT2D eigenvalue weighted by Gasteiger charge is -2.22. The fraction of sp³-hybridized carbons (Fsp3) is 1.00. The molecule has 1 saturated heterocycles. The van der Waals surface area contributed by atoms with Gasteiger partial charge in [-0.05, 0) is 32.1 Å². The van der Waals surface area contributed by atoms with Gasteiger partial charge in [-0.15, -0.1) is 0 Å². The van der Waals surface area contributed by atoms with Crippen molar-refractivity contribution >= 4 is 19.7 Å². The maximum Gasteiger partial charge on any atom is 0.232 e. The molecule has 6 heteroatoms. The zero-order valence-corrected chi connectivity index (χ0v) is 12.3. The molecule has 1 fully saturated rings. The number of hydrogen-bond donors (Lipinski definition) is 0. The highest BCUT2D eigenvalue weighted by Gasteiger charge is 2.13. The van der Waals surface area contributed by atoms with Crippen LogP contribution < -0.4 is 0 Å². The van der Waals surface area contributed by atoms with Crippen molar-refractivity contribution < 1.29 is 17.9 Å². The molecule has 108 valence electrons. The molecule has 1 aliphatic heterocycles. The van der Waals surface area contributed by atoms with E-state index >= 15 is 0 Å². The quantitative estimate of drug-likeness (QED) is 0.485. The van der Waals surface area contributed by atoms with Gasteiger partial charge < -0.3 is 9.47 Å². The molecule has 0 bridgehead atoms. The van der Waals surface area contributed by atoms with Gasteiger partial charge in [-0.25, -0.2) is 8.42 Å². The third-order valence-electron chi connectivity index (χ3n) is 3.00. The monoisotopic (exact) mass is 298 g/mol. The molecule has 18 heavy (non-hydrogen) atoms. The Labute approximate surface area is 114 Å². The highest BCUT2D eigenvalue weighted by molar-refractivity contribution is 8.13. The van der Waals surface area contributed by atoms with Crippen LogP contribution in [0.5, 0.6) is 0 Å². The number of hydrogen-bond acceptors (Lipinski definition) is 4. The minimum atomic E-state index is -3.31. The molecule has 0 amide bonds. The fourth-order valence-corrected chi connectivity index (χ4v) is 2.86. The minimum Gasteiger partial charge on any atom is -0.379 e. The summed E-state index contributed by atoms with van der Waals surface area (Å²) >= 11 is 0. The van der Waals surface area contributed by atoms with Gasteiger partial charge in [0.25, 0.3) is 0 Å². The Morgan fingerprint density at radius 1 is 1.17 bits per heavy atom. The zero-order chi connectivity index (χ0) is 13.3. The molecule has 1 atom stereocenters. The van der Waals surface area contributed by atoms with Gasteiger partial charge in [0.05, 0.1) is 18.5 Å². The van der Waals surface area contributed by atoms with Crippen LogP contribution in [0.2, 0.25) is 0 Å². The molecule has 4 nitrogen and oxygen atoms in total. The van der Waals surface area contributed by atoms with Gasteiger partial charge in [0, 0.05) is 23.9 Å².